The SMILES string of the molecule is CC(C)c1ccc(NC(=O)c2ccc(-c3cc(C(F)(F)F)ccn3)cc2)cc1. The Balaban J connectivity index is 1.74. The van der Waals surface area contributed by atoms with Gasteiger partial charge < -0.3 is 5.32 Å². The number of hydrogen-bond acceptors (Lipinski definition) is 2. The lowest BCUT2D eigenvalue weighted by molar-refractivity contribution is -0.137. The average Bonchev–Trinajstić information content (AvgIpc) is 2.68. The smallest absolute Gasteiger partial charge is 0.322 e. The van der Waals surface area contributed by atoms with Gasteiger partial charge in [-0.15, -0.1) is 0 Å². The van der Waals surface area contributed by atoms with Crippen molar-refractivity contribution in [1.29, 1.82) is 0 Å². The molecule has 3 aromatic rings. The predicted octanol–water partition coefficient (Wildman–Crippen LogP) is 6.14. The predicted molar refractivity (Wildman–Crippen MR) is 103 cm³/mol. The minimum absolute atomic E-state index is 0.200. The van der Waals surface area contributed by atoms with Crippen LogP contribution in [0.1, 0.15) is 41.3 Å². The summed E-state index contributed by atoms with van der Waals surface area (Å²) in [5.74, 6) is 0.114. The van der Waals surface area contributed by atoms with Gasteiger partial charge in [-0.25, -0.2) is 0 Å². The summed E-state index contributed by atoms with van der Waals surface area (Å²) in [4.78, 5) is 16.4. The van der Waals surface area contributed by atoms with Crippen LogP contribution < -0.4 is 5.32 Å². The largest absolute Gasteiger partial charge is 0.416 e. The zero-order valence-electron chi connectivity index (χ0n) is 15.4. The molecule has 0 atom stereocenters. The van der Waals surface area contributed by atoms with Gasteiger partial charge in [0.25, 0.3) is 5.91 Å². The van der Waals surface area contributed by atoms with Crippen LogP contribution in [0.2, 0.25) is 0 Å². The van der Waals surface area contributed by atoms with Crippen LogP contribution in [0.3, 0.4) is 0 Å². The van der Waals surface area contributed by atoms with Crippen LogP contribution in [0.25, 0.3) is 11.3 Å². The third-order valence-corrected chi connectivity index (χ3v) is 4.37. The van der Waals surface area contributed by atoms with Crippen molar-refractivity contribution >= 4 is 11.6 Å². The quantitative estimate of drug-likeness (QED) is 0.587. The van der Waals surface area contributed by atoms with Crippen molar-refractivity contribution in [3.05, 3.63) is 83.6 Å². The van der Waals surface area contributed by atoms with Crippen molar-refractivity contribution in [1.82, 2.24) is 4.98 Å². The topological polar surface area (TPSA) is 42.0 Å². The Morgan fingerprint density at radius 3 is 2.18 bits per heavy atom. The Labute approximate surface area is 161 Å². The Kier molecular flexibility index (Phi) is 5.49. The van der Waals surface area contributed by atoms with Gasteiger partial charge in [-0.2, -0.15) is 13.2 Å². The van der Waals surface area contributed by atoms with Gasteiger partial charge >= 0.3 is 6.18 Å². The molecule has 0 bridgehead atoms. The second-order valence-corrected chi connectivity index (χ2v) is 6.74. The van der Waals surface area contributed by atoms with E-state index in [2.05, 4.69) is 24.1 Å². The first-order valence-corrected chi connectivity index (χ1v) is 8.79. The summed E-state index contributed by atoms with van der Waals surface area (Å²) in [5, 5.41) is 2.81. The van der Waals surface area contributed by atoms with Crippen LogP contribution in [0.4, 0.5) is 18.9 Å². The number of nitrogens with zero attached hydrogens (tertiary/aromatic N) is 1. The van der Waals surface area contributed by atoms with E-state index in [0.29, 0.717) is 22.7 Å². The van der Waals surface area contributed by atoms with Gasteiger partial charge in [0.1, 0.15) is 0 Å². The van der Waals surface area contributed by atoms with Crippen LogP contribution in [0.5, 0.6) is 0 Å². The van der Waals surface area contributed by atoms with Gasteiger partial charge in [0.15, 0.2) is 0 Å². The number of amides is 1. The Morgan fingerprint density at radius 2 is 1.61 bits per heavy atom. The minimum atomic E-state index is -4.43. The molecule has 3 rings (SSSR count). The summed E-state index contributed by atoms with van der Waals surface area (Å²) in [6, 6.07) is 15.8. The summed E-state index contributed by atoms with van der Waals surface area (Å²) in [7, 11) is 0. The van der Waals surface area contributed by atoms with Crippen molar-refractivity contribution in [3.63, 3.8) is 0 Å². The van der Waals surface area contributed by atoms with Crippen molar-refractivity contribution in [3.8, 4) is 11.3 Å². The highest BCUT2D eigenvalue weighted by atomic mass is 19.4. The molecule has 2 aromatic carbocycles. The van der Waals surface area contributed by atoms with Crippen molar-refractivity contribution < 1.29 is 18.0 Å². The average molecular weight is 384 g/mol. The van der Waals surface area contributed by atoms with Gasteiger partial charge in [-0.05, 0) is 47.9 Å². The van der Waals surface area contributed by atoms with Gasteiger partial charge in [0, 0.05) is 23.0 Å². The molecule has 6 heteroatoms. The fraction of sp³-hybridized carbons (Fsp3) is 0.182. The summed E-state index contributed by atoms with van der Waals surface area (Å²) in [6.45, 7) is 4.18. The molecular formula is C22H19F3N2O. The van der Waals surface area contributed by atoms with E-state index < -0.39 is 11.7 Å². The highest BCUT2D eigenvalue weighted by Gasteiger charge is 2.30. The molecule has 0 aliphatic carbocycles. The number of halogens is 3. The Hall–Kier alpha value is -3.15. The molecule has 0 aliphatic rings. The van der Waals surface area contributed by atoms with Crippen LogP contribution in [0, 0.1) is 0 Å². The molecule has 3 nitrogen and oxygen atoms in total. The first kappa shape index (κ1) is 19.6. The molecular weight excluding hydrogens is 365 g/mol. The second kappa shape index (κ2) is 7.84. The molecule has 0 saturated carbocycles. The van der Waals surface area contributed by atoms with E-state index >= 15 is 0 Å². The van der Waals surface area contributed by atoms with Crippen molar-refractivity contribution in [2.75, 3.05) is 5.32 Å². The number of anilines is 1. The summed E-state index contributed by atoms with van der Waals surface area (Å²) in [6.07, 6.45) is -3.30. The number of carbonyl (C=O) groups excluding carboxylic acids is 1. The maximum absolute atomic E-state index is 12.8. The van der Waals surface area contributed by atoms with E-state index in [4.69, 9.17) is 0 Å². The number of nitrogens with one attached hydrogen (secondary N) is 1. The van der Waals surface area contributed by atoms with E-state index in [0.717, 1.165) is 18.3 Å². The Bertz CT molecular complexity index is 962. The zero-order chi connectivity index (χ0) is 20.3. The van der Waals surface area contributed by atoms with E-state index in [9.17, 15) is 18.0 Å². The number of aromatic nitrogens is 1. The van der Waals surface area contributed by atoms with Gasteiger partial charge in [-0.1, -0.05) is 38.1 Å². The highest BCUT2D eigenvalue weighted by Crippen LogP contribution is 2.31. The molecule has 0 aliphatic heterocycles. The molecule has 0 unspecified atom stereocenters. The third-order valence-electron chi connectivity index (χ3n) is 4.37. The van der Waals surface area contributed by atoms with Crippen LogP contribution in [0.15, 0.2) is 66.9 Å². The molecule has 0 radical (unpaired) electrons. The van der Waals surface area contributed by atoms with Crippen LogP contribution >= 0.6 is 0 Å². The van der Waals surface area contributed by atoms with Gasteiger partial charge in [0.2, 0.25) is 0 Å². The van der Waals surface area contributed by atoms with E-state index in [-0.39, 0.29) is 11.6 Å². The fourth-order valence-electron chi connectivity index (χ4n) is 2.71. The highest BCUT2D eigenvalue weighted by molar-refractivity contribution is 6.04. The molecule has 0 saturated heterocycles. The second-order valence-electron chi connectivity index (χ2n) is 6.74. The van der Waals surface area contributed by atoms with E-state index in [1.807, 2.05) is 24.3 Å². The molecule has 0 spiro atoms. The number of carbonyl (C=O) groups is 1. The number of alkyl halides is 3. The fourth-order valence-corrected chi connectivity index (χ4v) is 2.71. The van der Waals surface area contributed by atoms with E-state index in [1.54, 1.807) is 24.3 Å². The van der Waals surface area contributed by atoms with Crippen molar-refractivity contribution in [2.24, 2.45) is 0 Å². The molecule has 1 amide bonds. The molecule has 28 heavy (non-hydrogen) atoms. The van der Waals surface area contributed by atoms with Gasteiger partial charge in [0.05, 0.1) is 11.3 Å². The van der Waals surface area contributed by atoms with Gasteiger partial charge in [-0.3, -0.25) is 9.78 Å². The summed E-state index contributed by atoms with van der Waals surface area (Å²) in [5.41, 5.74) is 2.21. The maximum Gasteiger partial charge on any atom is 0.416 e. The molecule has 1 aromatic heterocycles. The standard InChI is InChI=1S/C22H19F3N2O/c1-14(2)15-7-9-19(10-8-15)27-21(28)17-5-3-16(4-6-17)20-13-18(11-12-26-20)22(23,24)25/h3-14H,1-2H3,(H,27,28). The number of benzene rings is 2. The number of rotatable bonds is 4. The molecule has 0 fully saturated rings. The van der Waals surface area contributed by atoms with Crippen LogP contribution in [-0.4, -0.2) is 10.9 Å². The first-order valence-electron chi connectivity index (χ1n) is 8.79. The minimum Gasteiger partial charge on any atom is -0.322 e. The monoisotopic (exact) mass is 384 g/mol. The summed E-state index contributed by atoms with van der Waals surface area (Å²) < 4.78 is 38.5. The lowest BCUT2D eigenvalue weighted by Gasteiger charge is -2.10. The zero-order valence-corrected chi connectivity index (χ0v) is 15.4. The lowest BCUT2D eigenvalue weighted by Crippen LogP contribution is -2.11. The third kappa shape index (κ3) is 4.57. The first-order chi connectivity index (χ1) is 13.2. The van der Waals surface area contributed by atoms with Crippen molar-refractivity contribution in [2.45, 2.75) is 25.9 Å². The Morgan fingerprint density at radius 1 is 0.964 bits per heavy atom. The normalized spacial score (nSPS) is 11.5. The lowest BCUT2D eigenvalue weighted by atomic mass is 10.0. The maximum atomic E-state index is 12.8. The molecule has 144 valence electrons. The number of pyridine rings is 1. The number of hydrogen-bond donors (Lipinski definition) is 1. The molecule has 1 N–H and O–H groups in total. The molecule has 1 heterocycles. The van der Waals surface area contributed by atoms with E-state index in [1.165, 1.54) is 5.56 Å². The van der Waals surface area contributed by atoms with Crippen LogP contribution in [-0.2, 0) is 6.18 Å². The summed E-state index contributed by atoms with van der Waals surface area (Å²) >= 11 is 0.